The molecule has 0 aliphatic carbocycles. The molecule has 12 nitrogen and oxygen atoms in total. The quantitative estimate of drug-likeness (QED) is 0.140. The number of aliphatic hydroxyl groups excluding tert-OH is 1. The van der Waals surface area contributed by atoms with Crippen LogP contribution in [0.15, 0.2) is 24.3 Å². The van der Waals surface area contributed by atoms with Gasteiger partial charge in [0.1, 0.15) is 23.9 Å². The summed E-state index contributed by atoms with van der Waals surface area (Å²) in [7, 11) is 0. The van der Waals surface area contributed by atoms with E-state index in [2.05, 4.69) is 16.0 Å². The van der Waals surface area contributed by atoms with E-state index in [9.17, 15) is 29.4 Å². The van der Waals surface area contributed by atoms with E-state index in [4.69, 9.17) is 16.6 Å². The number of carboxylic acids is 1. The van der Waals surface area contributed by atoms with Crippen molar-refractivity contribution in [2.75, 3.05) is 19.7 Å². The molecule has 0 saturated heterocycles. The number of nitrogens with one attached hydrogen (secondary N) is 3. The lowest BCUT2D eigenvalue weighted by Gasteiger charge is -2.22. The number of aliphatic carboxylic acids is 1. The Morgan fingerprint density at radius 1 is 0.969 bits per heavy atom. The molecule has 32 heavy (non-hydrogen) atoms. The summed E-state index contributed by atoms with van der Waals surface area (Å²) in [5, 5.41) is 34.8. The van der Waals surface area contributed by atoms with Crippen LogP contribution >= 0.6 is 0 Å². The van der Waals surface area contributed by atoms with E-state index in [0.29, 0.717) is 24.9 Å². The summed E-state index contributed by atoms with van der Waals surface area (Å²) in [6.07, 6.45) is 1.29. The van der Waals surface area contributed by atoms with Gasteiger partial charge in [-0.05, 0) is 43.5 Å². The molecule has 3 unspecified atom stereocenters. The number of phenols is 1. The molecule has 0 aliphatic rings. The van der Waals surface area contributed by atoms with Gasteiger partial charge in [0.2, 0.25) is 17.7 Å². The van der Waals surface area contributed by atoms with Gasteiger partial charge in [0.05, 0.1) is 13.2 Å². The third-order valence-electron chi connectivity index (χ3n) is 4.55. The molecule has 0 spiro atoms. The molecular weight excluding hydrogens is 422 g/mol. The number of carbonyl (C=O) groups excluding carboxylic acids is 3. The van der Waals surface area contributed by atoms with E-state index in [1.807, 2.05) is 0 Å². The van der Waals surface area contributed by atoms with E-state index in [0.717, 1.165) is 0 Å². The smallest absolute Gasteiger partial charge is 0.326 e. The molecule has 3 amide bonds. The van der Waals surface area contributed by atoms with Crippen molar-refractivity contribution in [2.45, 2.75) is 43.8 Å². The molecule has 0 aliphatic heterocycles. The Morgan fingerprint density at radius 3 is 2.19 bits per heavy atom. The molecule has 0 bridgehead atoms. The average molecular weight is 453 g/mol. The number of phenolic OH excluding ortho intramolecular Hbond substituents is 1. The third kappa shape index (κ3) is 9.73. The second-order valence-corrected chi connectivity index (χ2v) is 7.18. The number of carbonyl (C=O) groups is 4. The van der Waals surface area contributed by atoms with Crippen molar-refractivity contribution in [3.05, 3.63) is 29.8 Å². The van der Waals surface area contributed by atoms with E-state index in [1.54, 1.807) is 0 Å². The zero-order valence-corrected chi connectivity index (χ0v) is 17.6. The van der Waals surface area contributed by atoms with Crippen molar-refractivity contribution in [3.8, 4) is 5.75 Å². The van der Waals surface area contributed by atoms with Gasteiger partial charge in [-0.15, -0.1) is 0 Å². The Morgan fingerprint density at radius 2 is 1.62 bits per heavy atom. The predicted octanol–water partition coefficient (Wildman–Crippen LogP) is -2.45. The molecule has 0 saturated carbocycles. The Labute approximate surface area is 185 Å². The van der Waals surface area contributed by atoms with Crippen LogP contribution in [0.4, 0.5) is 0 Å². The summed E-state index contributed by atoms with van der Waals surface area (Å²) in [5.74, 6) is -3.34. The monoisotopic (exact) mass is 453 g/mol. The lowest BCUT2D eigenvalue weighted by Crippen LogP contribution is -2.54. The summed E-state index contributed by atoms with van der Waals surface area (Å²) in [4.78, 5) is 48.1. The van der Waals surface area contributed by atoms with Crippen LogP contribution < -0.4 is 27.4 Å². The first-order valence-corrected chi connectivity index (χ1v) is 10.1. The normalized spacial score (nSPS) is 13.5. The number of unbranched alkanes of at least 4 members (excludes halogenated alkanes) is 1. The first kappa shape index (κ1) is 26.8. The molecule has 0 heterocycles. The van der Waals surface area contributed by atoms with Crippen LogP contribution in [-0.4, -0.2) is 76.8 Å². The van der Waals surface area contributed by atoms with Gasteiger partial charge in [-0.25, -0.2) is 4.79 Å². The van der Waals surface area contributed by atoms with E-state index < -0.39 is 55.0 Å². The van der Waals surface area contributed by atoms with Gasteiger partial charge in [0, 0.05) is 6.42 Å². The van der Waals surface area contributed by atoms with E-state index in [-0.39, 0.29) is 18.6 Å². The second kappa shape index (κ2) is 14.0. The van der Waals surface area contributed by atoms with Crippen molar-refractivity contribution >= 4 is 23.7 Å². The number of hydrogen-bond acceptors (Lipinski definition) is 8. The van der Waals surface area contributed by atoms with Crippen LogP contribution in [0, 0.1) is 0 Å². The largest absolute Gasteiger partial charge is 0.508 e. The topological polar surface area (TPSA) is 217 Å². The molecule has 12 heteroatoms. The lowest BCUT2D eigenvalue weighted by molar-refractivity contribution is -0.142. The molecule has 0 aromatic heterocycles. The van der Waals surface area contributed by atoms with E-state index >= 15 is 0 Å². The first-order valence-electron chi connectivity index (χ1n) is 10.1. The lowest BCUT2D eigenvalue weighted by atomic mass is 10.0. The number of benzene rings is 1. The van der Waals surface area contributed by atoms with Crippen molar-refractivity contribution < 1.29 is 34.5 Å². The average Bonchev–Trinajstić information content (AvgIpc) is 2.77. The molecule has 0 fully saturated rings. The Kier molecular flexibility index (Phi) is 11.7. The minimum Gasteiger partial charge on any atom is -0.508 e. The standard InChI is InChI=1S/C20H31N5O7/c21-8-2-1-3-15(24-17(28)10-23-18(29)14(22)11-26)19(30)25-16(20(31)32)9-12-4-6-13(27)7-5-12/h4-7,14-16,26-27H,1-3,8-11,21-22H2,(H,23,29)(H,24,28)(H,25,30)(H,31,32). The molecule has 1 aromatic rings. The maximum Gasteiger partial charge on any atom is 0.326 e. The fraction of sp³-hybridized carbons (Fsp3) is 0.500. The molecular formula is C20H31N5O7. The maximum absolute atomic E-state index is 12.7. The number of aromatic hydroxyl groups is 1. The zero-order chi connectivity index (χ0) is 24.1. The van der Waals surface area contributed by atoms with Gasteiger partial charge in [-0.1, -0.05) is 12.1 Å². The van der Waals surface area contributed by atoms with Gasteiger partial charge < -0.3 is 42.7 Å². The van der Waals surface area contributed by atoms with Crippen LogP contribution in [0.5, 0.6) is 5.75 Å². The van der Waals surface area contributed by atoms with Crippen molar-refractivity contribution in [3.63, 3.8) is 0 Å². The molecule has 1 rings (SSSR count). The summed E-state index contributed by atoms with van der Waals surface area (Å²) >= 11 is 0. The highest BCUT2D eigenvalue weighted by molar-refractivity contribution is 5.92. The number of carboxylic acid groups (broad SMARTS) is 1. The van der Waals surface area contributed by atoms with E-state index in [1.165, 1.54) is 24.3 Å². The summed E-state index contributed by atoms with van der Waals surface area (Å²) < 4.78 is 0. The number of hydrogen-bond donors (Lipinski definition) is 8. The predicted molar refractivity (Wildman–Crippen MR) is 114 cm³/mol. The van der Waals surface area contributed by atoms with Crippen molar-refractivity contribution in [2.24, 2.45) is 11.5 Å². The number of amides is 3. The summed E-state index contributed by atoms with van der Waals surface area (Å²) in [6.45, 7) is -0.672. The van der Waals surface area contributed by atoms with Gasteiger partial charge >= 0.3 is 5.97 Å². The fourth-order valence-electron chi connectivity index (χ4n) is 2.73. The SMILES string of the molecule is NCCCCC(NC(=O)CNC(=O)C(N)CO)C(=O)NC(Cc1ccc(O)cc1)C(=O)O. The number of nitrogens with two attached hydrogens (primary N) is 2. The Bertz CT molecular complexity index is 772. The van der Waals surface area contributed by atoms with Gasteiger partial charge in [-0.2, -0.15) is 0 Å². The van der Waals surface area contributed by atoms with Crippen molar-refractivity contribution in [1.82, 2.24) is 16.0 Å². The van der Waals surface area contributed by atoms with Crippen LogP contribution in [0.2, 0.25) is 0 Å². The highest BCUT2D eigenvalue weighted by Gasteiger charge is 2.27. The fourth-order valence-corrected chi connectivity index (χ4v) is 2.73. The second-order valence-electron chi connectivity index (χ2n) is 7.18. The van der Waals surface area contributed by atoms with Gasteiger partial charge in [0.15, 0.2) is 0 Å². The summed E-state index contributed by atoms with van der Waals surface area (Å²) in [5.41, 5.74) is 11.4. The Hall–Kier alpha value is -3.22. The zero-order valence-electron chi connectivity index (χ0n) is 17.6. The third-order valence-corrected chi connectivity index (χ3v) is 4.55. The van der Waals surface area contributed by atoms with Crippen LogP contribution in [0.3, 0.4) is 0 Å². The molecule has 178 valence electrons. The van der Waals surface area contributed by atoms with Crippen LogP contribution in [0.1, 0.15) is 24.8 Å². The highest BCUT2D eigenvalue weighted by atomic mass is 16.4. The Balaban J connectivity index is 2.78. The van der Waals surface area contributed by atoms with Gasteiger partial charge in [-0.3, -0.25) is 14.4 Å². The molecule has 3 atom stereocenters. The first-order chi connectivity index (χ1) is 15.2. The van der Waals surface area contributed by atoms with Gasteiger partial charge in [0.25, 0.3) is 0 Å². The van der Waals surface area contributed by atoms with Crippen LogP contribution in [-0.2, 0) is 25.6 Å². The molecule has 1 aromatic carbocycles. The number of rotatable bonds is 14. The molecule has 10 N–H and O–H groups in total. The van der Waals surface area contributed by atoms with Crippen molar-refractivity contribution in [1.29, 1.82) is 0 Å². The minimum absolute atomic E-state index is 0.0272. The summed E-state index contributed by atoms with van der Waals surface area (Å²) in [6, 6.07) is 2.41. The number of aliphatic hydroxyl groups is 1. The maximum atomic E-state index is 12.7. The van der Waals surface area contributed by atoms with Crippen LogP contribution in [0.25, 0.3) is 0 Å². The molecule has 0 radical (unpaired) electrons. The highest BCUT2D eigenvalue weighted by Crippen LogP contribution is 2.12. The minimum atomic E-state index is -1.26.